The molecule has 66 heavy (non-hydrogen) atoms. The number of hydrogen-bond acceptors (Lipinski definition) is 2. The van der Waals surface area contributed by atoms with E-state index in [4.69, 9.17) is 4.42 Å². The number of benzene rings is 12. The summed E-state index contributed by atoms with van der Waals surface area (Å²) in [4.78, 5) is 2.43. The van der Waals surface area contributed by atoms with Gasteiger partial charge in [0, 0.05) is 16.8 Å². The largest absolute Gasteiger partial charge is 0.456 e. The summed E-state index contributed by atoms with van der Waals surface area (Å²) >= 11 is 0. The zero-order valence-corrected chi connectivity index (χ0v) is 35.9. The van der Waals surface area contributed by atoms with E-state index in [1.54, 1.807) is 0 Å². The zero-order chi connectivity index (χ0) is 43.3. The fourth-order valence-electron chi connectivity index (χ4n) is 11.1. The summed E-state index contributed by atoms with van der Waals surface area (Å²) in [6.45, 7) is 0. The smallest absolute Gasteiger partial charge is 0.137 e. The van der Waals surface area contributed by atoms with Crippen LogP contribution in [-0.4, -0.2) is 0 Å². The van der Waals surface area contributed by atoms with Crippen LogP contribution in [-0.2, 0) is 0 Å². The van der Waals surface area contributed by atoms with Gasteiger partial charge in [0.1, 0.15) is 11.2 Å². The topological polar surface area (TPSA) is 16.4 Å². The molecule has 2 heteroatoms. The van der Waals surface area contributed by atoms with Gasteiger partial charge in [-0.3, -0.25) is 0 Å². The quantitative estimate of drug-likeness (QED) is 0.164. The van der Waals surface area contributed by atoms with Crippen LogP contribution >= 0.6 is 0 Å². The molecule has 0 bridgehead atoms. The lowest BCUT2D eigenvalue weighted by Gasteiger charge is -2.27. The maximum absolute atomic E-state index is 6.55. The van der Waals surface area contributed by atoms with Crippen LogP contribution in [0.15, 0.2) is 241 Å². The summed E-state index contributed by atoms with van der Waals surface area (Å²) in [7, 11) is 0. The SMILES string of the molecule is c1ccc(-c2ccc(N(c3ccc4c5ccccc5c5ccccc5c5ccccc5c5c(cc6ccc7cccc8ccc5c6c78)c4c3)c3cccc4oc5ccccc5c34)cc2)cc1. The molecule has 1 aromatic heterocycles. The first kappa shape index (κ1) is 36.7. The number of fused-ring (bicyclic) bond motifs is 14. The first-order valence-electron chi connectivity index (χ1n) is 22.7. The number of nitrogens with zero attached hydrogens (tertiary/aromatic N) is 1. The van der Waals surface area contributed by atoms with Crippen molar-refractivity contribution in [3.8, 4) is 11.1 Å². The fraction of sp³-hybridized carbons (Fsp3) is 0. The standard InChI is InChI=1S/C64H39NO/c1-2-14-40(15-3-1)41-30-33-45(34-31-41)65(58-25-13-27-60-64(58)54-24-10-11-26-59(54)66-60)46-35-37-52-50-21-7-5-19-48(50)47-18-4-6-20-49(47)51-22-8-9-23-53(51)63-55-36-32-43-17-12-16-42-28-29-44(62(55)61(42)43)38-57(63)56(52)39-46/h1-39H. The van der Waals surface area contributed by atoms with Crippen LogP contribution in [0.3, 0.4) is 0 Å². The molecule has 13 aromatic carbocycles. The number of furan rings is 1. The highest BCUT2D eigenvalue weighted by atomic mass is 16.3. The average Bonchev–Trinajstić information content (AvgIpc) is 3.78. The molecule has 0 saturated carbocycles. The van der Waals surface area contributed by atoms with Gasteiger partial charge in [-0.25, -0.2) is 0 Å². The summed E-state index contributed by atoms with van der Waals surface area (Å²) in [5.74, 6) is 0. The Kier molecular flexibility index (Phi) is 8.02. The van der Waals surface area contributed by atoms with E-state index in [2.05, 4.69) is 235 Å². The van der Waals surface area contributed by atoms with Crippen molar-refractivity contribution in [2.45, 2.75) is 0 Å². The van der Waals surface area contributed by atoms with Gasteiger partial charge in [-0.2, -0.15) is 0 Å². The Morgan fingerprint density at radius 2 is 0.758 bits per heavy atom. The van der Waals surface area contributed by atoms with Crippen LogP contribution in [0.1, 0.15) is 0 Å². The molecule has 14 aromatic rings. The molecule has 2 nitrogen and oxygen atoms in total. The van der Waals surface area contributed by atoms with Crippen LogP contribution in [0.5, 0.6) is 0 Å². The molecule has 0 radical (unpaired) electrons. The molecular weight excluding hydrogens is 799 g/mol. The van der Waals surface area contributed by atoms with Crippen LogP contribution in [0.25, 0.3) is 119 Å². The van der Waals surface area contributed by atoms with Crippen molar-refractivity contribution in [1.82, 2.24) is 0 Å². The lowest BCUT2D eigenvalue weighted by atomic mass is 9.88. The summed E-state index contributed by atoms with van der Waals surface area (Å²) in [6, 6.07) is 87.0. The molecule has 0 atom stereocenters. The van der Waals surface area contributed by atoms with Crippen LogP contribution in [0.2, 0.25) is 0 Å². The molecule has 14 rings (SSSR count). The zero-order valence-electron chi connectivity index (χ0n) is 35.9. The van der Waals surface area contributed by atoms with Crippen molar-refractivity contribution in [1.29, 1.82) is 0 Å². The first-order valence-corrected chi connectivity index (χ1v) is 22.7. The molecule has 0 aliphatic carbocycles. The van der Waals surface area contributed by atoms with Gasteiger partial charge in [-0.15, -0.1) is 0 Å². The van der Waals surface area contributed by atoms with Gasteiger partial charge >= 0.3 is 0 Å². The van der Waals surface area contributed by atoms with Crippen LogP contribution < -0.4 is 4.90 Å². The van der Waals surface area contributed by atoms with Gasteiger partial charge in [0.15, 0.2) is 0 Å². The molecular formula is C64H39NO. The number of hydrogen-bond donors (Lipinski definition) is 0. The van der Waals surface area contributed by atoms with E-state index >= 15 is 0 Å². The maximum atomic E-state index is 6.55. The summed E-state index contributed by atoms with van der Waals surface area (Å²) in [5, 5.41) is 21.9. The van der Waals surface area contributed by atoms with Crippen molar-refractivity contribution in [2.75, 3.05) is 4.90 Å². The number of rotatable bonds is 4. The Morgan fingerprint density at radius 3 is 1.47 bits per heavy atom. The maximum Gasteiger partial charge on any atom is 0.137 e. The highest BCUT2D eigenvalue weighted by Crippen LogP contribution is 2.47. The number of anilines is 3. The third-order valence-electron chi connectivity index (χ3n) is 14.0. The Hall–Kier alpha value is -8.72. The molecule has 0 amide bonds. The van der Waals surface area contributed by atoms with Crippen LogP contribution in [0.4, 0.5) is 17.1 Å². The van der Waals surface area contributed by atoms with E-state index in [0.717, 1.165) is 39.0 Å². The van der Waals surface area contributed by atoms with Crippen molar-refractivity contribution >= 4 is 125 Å². The van der Waals surface area contributed by atoms with E-state index in [1.807, 2.05) is 6.07 Å². The van der Waals surface area contributed by atoms with Crippen LogP contribution in [0, 0.1) is 0 Å². The average molecular weight is 838 g/mol. The Balaban J connectivity index is 1.19. The van der Waals surface area contributed by atoms with E-state index in [1.165, 1.54) is 97.3 Å². The lowest BCUT2D eigenvalue weighted by Crippen LogP contribution is -2.10. The monoisotopic (exact) mass is 837 g/mol. The lowest BCUT2D eigenvalue weighted by molar-refractivity contribution is 0.669. The van der Waals surface area contributed by atoms with Crippen molar-refractivity contribution in [3.05, 3.63) is 237 Å². The third kappa shape index (κ3) is 5.49. The second kappa shape index (κ2) is 14.4. The van der Waals surface area contributed by atoms with Gasteiger partial charge in [0.2, 0.25) is 0 Å². The third-order valence-corrected chi connectivity index (χ3v) is 14.0. The second-order valence-electron chi connectivity index (χ2n) is 17.5. The minimum atomic E-state index is 0.858. The van der Waals surface area contributed by atoms with Gasteiger partial charge in [0.25, 0.3) is 0 Å². The summed E-state index contributed by atoms with van der Waals surface area (Å²) < 4.78 is 6.55. The minimum Gasteiger partial charge on any atom is -0.456 e. The van der Waals surface area contributed by atoms with Crippen molar-refractivity contribution < 1.29 is 4.42 Å². The Morgan fingerprint density at radius 1 is 0.242 bits per heavy atom. The molecule has 0 aliphatic rings. The van der Waals surface area contributed by atoms with E-state index in [9.17, 15) is 0 Å². The van der Waals surface area contributed by atoms with E-state index < -0.39 is 0 Å². The van der Waals surface area contributed by atoms with Crippen molar-refractivity contribution in [3.63, 3.8) is 0 Å². The van der Waals surface area contributed by atoms with Gasteiger partial charge in [0.05, 0.1) is 11.1 Å². The highest BCUT2D eigenvalue weighted by molar-refractivity contribution is 6.37. The molecule has 0 N–H and O–H groups in total. The predicted octanol–water partition coefficient (Wildman–Crippen LogP) is 18.5. The van der Waals surface area contributed by atoms with Gasteiger partial charge in [-0.05, 0) is 146 Å². The van der Waals surface area contributed by atoms with E-state index in [-0.39, 0.29) is 0 Å². The van der Waals surface area contributed by atoms with Gasteiger partial charge in [-0.1, -0.05) is 188 Å². The summed E-state index contributed by atoms with van der Waals surface area (Å²) in [5.41, 5.74) is 7.26. The molecule has 0 spiro atoms. The molecule has 1 heterocycles. The molecule has 306 valence electrons. The first-order chi connectivity index (χ1) is 32.7. The highest BCUT2D eigenvalue weighted by Gasteiger charge is 2.22. The van der Waals surface area contributed by atoms with E-state index in [0.29, 0.717) is 0 Å². The minimum absolute atomic E-state index is 0.858. The van der Waals surface area contributed by atoms with Crippen molar-refractivity contribution in [2.24, 2.45) is 0 Å². The fourth-order valence-corrected chi connectivity index (χ4v) is 11.1. The van der Waals surface area contributed by atoms with Gasteiger partial charge < -0.3 is 9.32 Å². The normalized spacial score (nSPS) is 11.9. The summed E-state index contributed by atoms with van der Waals surface area (Å²) in [6.07, 6.45) is 0. The Bertz CT molecular complexity index is 4320. The predicted molar refractivity (Wildman–Crippen MR) is 283 cm³/mol. The Labute approximate surface area is 380 Å². The molecule has 0 aliphatic heterocycles. The molecule has 0 saturated heterocycles. The number of para-hydroxylation sites is 1. The molecule has 0 unspecified atom stereocenters. The molecule has 0 fully saturated rings. The second-order valence-corrected chi connectivity index (χ2v) is 17.5.